The molecule has 2 aliphatic heterocycles. The first-order chi connectivity index (χ1) is 19.8. The van der Waals surface area contributed by atoms with Crippen LogP contribution in [0, 0.1) is 10.1 Å². The van der Waals surface area contributed by atoms with Gasteiger partial charge in [-0.2, -0.15) is 26.3 Å². The number of rotatable bonds is 3. The Bertz CT molecular complexity index is 1570. The molecule has 4 aromatic rings. The van der Waals surface area contributed by atoms with E-state index in [0.717, 1.165) is 5.39 Å². The van der Waals surface area contributed by atoms with E-state index in [1.54, 1.807) is 29.2 Å². The Kier molecular flexibility index (Phi) is 7.85. The number of alkyl halides is 6. The maximum atomic E-state index is 12.9. The van der Waals surface area contributed by atoms with Gasteiger partial charge in [0.05, 0.1) is 28.8 Å². The fourth-order valence-corrected chi connectivity index (χ4v) is 5.08. The number of hydrogen-bond acceptors (Lipinski definition) is 9. The van der Waals surface area contributed by atoms with E-state index < -0.39 is 29.4 Å². The Morgan fingerprint density at radius 2 is 1.29 bits per heavy atom. The van der Waals surface area contributed by atoms with Crippen molar-refractivity contribution in [3.05, 3.63) is 59.0 Å². The third kappa shape index (κ3) is 6.18. The van der Waals surface area contributed by atoms with Gasteiger partial charge in [-0.05, 0) is 24.3 Å². The number of hydrogen-bond donors (Lipinski definition) is 3. The quantitative estimate of drug-likeness (QED) is 0.128. The number of benzene rings is 2. The number of non-ortho nitro benzene ring substituents is 1. The smallest absolute Gasteiger partial charge is 0.405 e. The summed E-state index contributed by atoms with van der Waals surface area (Å²) in [6.07, 6.45) is -5.76. The van der Waals surface area contributed by atoms with Crippen LogP contribution in [0.25, 0.3) is 21.9 Å². The Morgan fingerprint density at radius 1 is 0.810 bits per heavy atom. The van der Waals surface area contributed by atoms with Crippen molar-refractivity contribution in [2.24, 2.45) is 0 Å². The van der Waals surface area contributed by atoms with Crippen LogP contribution in [0.4, 0.5) is 49.1 Å². The van der Waals surface area contributed by atoms with Crippen molar-refractivity contribution >= 4 is 44.7 Å². The Balaban J connectivity index is 0.000000169. The lowest BCUT2D eigenvalue weighted by Gasteiger charge is -2.36. The normalized spacial score (nSPS) is 20.0. The number of nitro groups is 1. The van der Waals surface area contributed by atoms with Crippen molar-refractivity contribution in [3.63, 3.8) is 0 Å². The number of nitrogens with two attached hydrogens (primary N) is 1. The molecule has 0 amide bonds. The second-order valence-electron chi connectivity index (χ2n) is 9.93. The summed E-state index contributed by atoms with van der Waals surface area (Å²) in [4.78, 5) is 13.5. The summed E-state index contributed by atoms with van der Waals surface area (Å²) in [5, 5.41) is 17.2. The maximum Gasteiger partial charge on any atom is 0.405 e. The minimum absolute atomic E-state index is 0.134. The molecule has 0 aliphatic carbocycles. The Hall–Kier alpha value is -4.18. The molecule has 226 valence electrons. The van der Waals surface area contributed by atoms with Gasteiger partial charge in [-0.25, -0.2) is 0 Å². The number of nitrogen functional groups attached to an aromatic ring is 1. The number of nitrogens with one attached hydrogen (secondary N) is 2. The third-order valence-electron chi connectivity index (χ3n) is 7.10. The molecule has 2 unspecified atom stereocenters. The number of nitro benzene ring substituents is 1. The van der Waals surface area contributed by atoms with Crippen molar-refractivity contribution in [1.82, 2.24) is 10.6 Å². The molecule has 42 heavy (non-hydrogen) atoms. The molecule has 0 saturated carbocycles. The molecule has 0 bridgehead atoms. The highest BCUT2D eigenvalue weighted by Gasteiger charge is 2.43. The first-order valence-corrected chi connectivity index (χ1v) is 12.8. The van der Waals surface area contributed by atoms with Gasteiger partial charge < -0.3 is 35.0 Å². The van der Waals surface area contributed by atoms with Crippen LogP contribution in [0.3, 0.4) is 0 Å². The van der Waals surface area contributed by atoms with Gasteiger partial charge in [-0.15, -0.1) is 0 Å². The highest BCUT2D eigenvalue weighted by Crippen LogP contribution is 2.35. The Labute approximate surface area is 234 Å². The minimum atomic E-state index is -4.37. The largest absolute Gasteiger partial charge is 0.462 e. The molecule has 0 spiro atoms. The second kappa shape index (κ2) is 11.2. The first kappa shape index (κ1) is 29.3. The third-order valence-corrected chi connectivity index (χ3v) is 7.10. The van der Waals surface area contributed by atoms with E-state index in [1.807, 2.05) is 0 Å². The molecule has 2 fully saturated rings. The fourth-order valence-electron chi connectivity index (χ4n) is 5.08. The molecular weight excluding hydrogens is 574 g/mol. The van der Waals surface area contributed by atoms with Crippen molar-refractivity contribution in [1.29, 1.82) is 0 Å². The number of furan rings is 2. The van der Waals surface area contributed by atoms with E-state index >= 15 is 0 Å². The molecule has 2 atom stereocenters. The summed E-state index contributed by atoms with van der Waals surface area (Å²) in [6, 6.07) is 6.08. The van der Waals surface area contributed by atoms with Crippen LogP contribution in [0.15, 0.2) is 57.8 Å². The Morgan fingerprint density at radius 3 is 1.76 bits per heavy atom. The van der Waals surface area contributed by atoms with Gasteiger partial charge in [0.25, 0.3) is 5.69 Å². The summed E-state index contributed by atoms with van der Waals surface area (Å²) in [5.41, 5.74) is 7.99. The monoisotopic (exact) mass is 600 g/mol. The lowest BCUT2D eigenvalue weighted by atomic mass is 10.1. The van der Waals surface area contributed by atoms with E-state index in [1.165, 1.54) is 29.6 Å². The highest BCUT2D eigenvalue weighted by molar-refractivity contribution is 5.93. The zero-order valence-corrected chi connectivity index (χ0v) is 21.8. The lowest BCUT2D eigenvalue weighted by molar-refractivity contribution is -0.384. The first-order valence-electron chi connectivity index (χ1n) is 12.8. The molecule has 2 aromatic heterocycles. The summed E-state index contributed by atoms with van der Waals surface area (Å²) >= 11 is 0. The average Bonchev–Trinajstić information content (AvgIpc) is 3.61. The SMILES string of the molecule is Nc1cc(N2CCNC(C(F)(F)F)C2)c2occc2c1.O=[N+]([O-])c1cc(N2CCNC(C(F)(F)F)C2)c2occc2c1. The number of anilines is 3. The summed E-state index contributed by atoms with van der Waals surface area (Å²) in [6.45, 7) is 0.717. The molecule has 2 saturated heterocycles. The molecule has 2 aliphatic rings. The molecule has 0 radical (unpaired) electrons. The van der Waals surface area contributed by atoms with Crippen LogP contribution in [0.5, 0.6) is 0 Å². The molecule has 6 rings (SSSR count). The van der Waals surface area contributed by atoms with Crippen molar-refractivity contribution < 1.29 is 40.1 Å². The lowest BCUT2D eigenvalue weighted by Crippen LogP contribution is -2.57. The van der Waals surface area contributed by atoms with E-state index in [-0.39, 0.29) is 31.9 Å². The second-order valence-corrected chi connectivity index (χ2v) is 9.93. The van der Waals surface area contributed by atoms with Gasteiger partial charge >= 0.3 is 12.4 Å². The minimum Gasteiger partial charge on any atom is -0.462 e. The zero-order chi connectivity index (χ0) is 30.2. The van der Waals surface area contributed by atoms with Crippen LogP contribution < -0.4 is 26.2 Å². The summed E-state index contributed by atoms with van der Waals surface area (Å²) in [5.74, 6) is 0. The molecule has 4 N–H and O–H groups in total. The highest BCUT2D eigenvalue weighted by atomic mass is 19.4. The molecule has 10 nitrogen and oxygen atoms in total. The van der Waals surface area contributed by atoms with Crippen LogP contribution in [0.2, 0.25) is 0 Å². The van der Waals surface area contributed by atoms with Gasteiger partial charge in [0.1, 0.15) is 12.1 Å². The molecule has 16 heteroatoms. The van der Waals surface area contributed by atoms with E-state index in [2.05, 4.69) is 10.6 Å². The summed E-state index contributed by atoms with van der Waals surface area (Å²) < 4.78 is 87.8. The van der Waals surface area contributed by atoms with Gasteiger partial charge in [0.2, 0.25) is 0 Å². The molecule has 4 heterocycles. The van der Waals surface area contributed by atoms with Gasteiger partial charge in [-0.1, -0.05) is 0 Å². The predicted molar refractivity (Wildman–Crippen MR) is 144 cm³/mol. The van der Waals surface area contributed by atoms with E-state index in [0.29, 0.717) is 46.7 Å². The van der Waals surface area contributed by atoms with Crippen LogP contribution in [-0.4, -0.2) is 68.6 Å². The van der Waals surface area contributed by atoms with Gasteiger partial charge in [0, 0.05) is 67.9 Å². The van der Waals surface area contributed by atoms with Gasteiger partial charge in [-0.3, -0.25) is 10.1 Å². The average molecular weight is 601 g/mol. The standard InChI is InChI=1S/C13H12F3N3O3.C13H14F3N3O/c14-13(15,16)11-7-18(3-2-17-11)10-6-9(19(20)21)5-8-1-4-22-12(8)10;14-13(15,16)11-7-19(3-2-18-11)10-6-9(17)5-8-1-4-20-12(8)10/h1,4-6,11,17H,2-3,7H2;1,4-6,11,18H,2-3,7,17H2. The van der Waals surface area contributed by atoms with Crippen molar-refractivity contribution in [2.45, 2.75) is 24.4 Å². The number of halogens is 6. The predicted octanol–water partition coefficient (Wildman–Crippen LogP) is 5.04. The fraction of sp³-hybridized carbons (Fsp3) is 0.385. The van der Waals surface area contributed by atoms with Crippen molar-refractivity contribution in [2.75, 3.05) is 54.8 Å². The maximum absolute atomic E-state index is 12.9. The topological polar surface area (TPSA) is 126 Å². The molecular formula is C26H26F6N6O4. The van der Waals surface area contributed by atoms with E-state index in [9.17, 15) is 36.5 Å². The van der Waals surface area contributed by atoms with Crippen LogP contribution in [0.1, 0.15) is 0 Å². The van der Waals surface area contributed by atoms with Gasteiger partial charge in [0.15, 0.2) is 11.2 Å². The molecule has 2 aromatic carbocycles. The summed E-state index contributed by atoms with van der Waals surface area (Å²) in [7, 11) is 0. The van der Waals surface area contributed by atoms with E-state index in [4.69, 9.17) is 14.6 Å². The van der Waals surface area contributed by atoms with Crippen LogP contribution in [-0.2, 0) is 0 Å². The van der Waals surface area contributed by atoms with Crippen LogP contribution >= 0.6 is 0 Å². The zero-order valence-electron chi connectivity index (χ0n) is 21.8. The number of fused-ring (bicyclic) bond motifs is 2. The number of piperazine rings is 2. The number of nitrogens with zero attached hydrogens (tertiary/aromatic N) is 3. The van der Waals surface area contributed by atoms with Crippen molar-refractivity contribution in [3.8, 4) is 0 Å².